The van der Waals surface area contributed by atoms with Gasteiger partial charge in [0.25, 0.3) is 0 Å². The van der Waals surface area contributed by atoms with Crippen LogP contribution >= 0.6 is 0 Å². The fraction of sp³-hybridized carbons (Fsp3) is 0.0500. The van der Waals surface area contributed by atoms with Gasteiger partial charge >= 0.3 is 0 Å². The van der Waals surface area contributed by atoms with Crippen LogP contribution in [0.3, 0.4) is 0 Å². The van der Waals surface area contributed by atoms with E-state index in [2.05, 4.69) is 169 Å². The lowest BCUT2D eigenvalue weighted by molar-refractivity contribution is 0.281. The first-order chi connectivity index (χ1) is 20.8. The van der Waals surface area contributed by atoms with Crippen LogP contribution in [0.15, 0.2) is 164 Å². The quantitative estimate of drug-likeness (QED) is 0.216. The van der Waals surface area contributed by atoms with E-state index in [1.807, 2.05) is 0 Å². The number of para-hydroxylation sites is 1. The fourth-order valence-corrected chi connectivity index (χ4v) is 6.44. The van der Waals surface area contributed by atoms with E-state index in [1.165, 1.54) is 33.2 Å². The highest BCUT2D eigenvalue weighted by Crippen LogP contribution is 2.52. The van der Waals surface area contributed by atoms with Crippen LogP contribution < -0.4 is 9.64 Å². The second-order valence-corrected chi connectivity index (χ2v) is 10.9. The molecule has 6 aromatic rings. The van der Waals surface area contributed by atoms with Crippen LogP contribution in [0, 0.1) is 0 Å². The minimum atomic E-state index is -0.0543. The maximum absolute atomic E-state index is 6.86. The van der Waals surface area contributed by atoms with Crippen LogP contribution in [0.5, 0.6) is 5.75 Å². The van der Waals surface area contributed by atoms with Gasteiger partial charge in [-0.3, -0.25) is 0 Å². The van der Waals surface area contributed by atoms with Crippen molar-refractivity contribution in [2.45, 2.75) is 12.0 Å². The molecule has 1 aliphatic carbocycles. The smallest absolute Gasteiger partial charge is 0.135 e. The first-order valence-corrected chi connectivity index (χ1v) is 14.5. The van der Waals surface area contributed by atoms with Crippen molar-refractivity contribution in [3.63, 3.8) is 0 Å². The highest BCUT2D eigenvalue weighted by molar-refractivity contribution is 6.04. The molecule has 1 aliphatic heterocycles. The number of hydrogen-bond acceptors (Lipinski definition) is 2. The number of hydrogen-bond donors (Lipinski definition) is 0. The average Bonchev–Trinajstić information content (AvgIpc) is 3.46. The zero-order chi connectivity index (χ0) is 27.9. The number of rotatable bonds is 5. The molecule has 42 heavy (non-hydrogen) atoms. The Kier molecular flexibility index (Phi) is 5.97. The molecular weight excluding hydrogens is 510 g/mol. The summed E-state index contributed by atoms with van der Waals surface area (Å²) in [5.74, 6) is 1.13. The van der Waals surface area contributed by atoms with Crippen molar-refractivity contribution in [3.05, 3.63) is 175 Å². The van der Waals surface area contributed by atoms with E-state index in [0.29, 0.717) is 0 Å². The number of nitrogens with zero attached hydrogens (tertiary/aromatic N) is 1. The van der Waals surface area contributed by atoms with Gasteiger partial charge in [-0.15, -0.1) is 0 Å². The maximum Gasteiger partial charge on any atom is 0.135 e. The molecule has 8 rings (SSSR count). The van der Waals surface area contributed by atoms with Crippen molar-refractivity contribution in [2.75, 3.05) is 4.90 Å². The molecular formula is C40H29NO. The van der Waals surface area contributed by atoms with Gasteiger partial charge in [-0.25, -0.2) is 0 Å². The van der Waals surface area contributed by atoms with Crippen molar-refractivity contribution in [3.8, 4) is 16.9 Å². The summed E-state index contributed by atoms with van der Waals surface area (Å²) in [7, 11) is 0. The van der Waals surface area contributed by atoms with Crippen LogP contribution in [0.25, 0.3) is 27.5 Å². The van der Waals surface area contributed by atoms with E-state index in [0.717, 1.165) is 28.2 Å². The van der Waals surface area contributed by atoms with Crippen molar-refractivity contribution < 1.29 is 4.74 Å². The molecule has 0 fully saturated rings. The van der Waals surface area contributed by atoms with Crippen molar-refractivity contribution in [1.82, 2.24) is 0 Å². The summed E-state index contributed by atoms with van der Waals surface area (Å²) < 4.78 is 6.86. The van der Waals surface area contributed by atoms with E-state index in [1.54, 1.807) is 0 Å². The van der Waals surface area contributed by atoms with Gasteiger partial charge in [-0.1, -0.05) is 133 Å². The van der Waals surface area contributed by atoms with E-state index in [-0.39, 0.29) is 12.0 Å². The number of ether oxygens (including phenoxy) is 1. The largest absolute Gasteiger partial charge is 0.484 e. The average molecular weight is 540 g/mol. The van der Waals surface area contributed by atoms with E-state index >= 15 is 0 Å². The Hall–Kier alpha value is -5.34. The van der Waals surface area contributed by atoms with Crippen LogP contribution in [-0.4, -0.2) is 6.10 Å². The Morgan fingerprint density at radius 3 is 1.81 bits per heavy atom. The predicted molar refractivity (Wildman–Crippen MR) is 175 cm³/mol. The molecule has 2 nitrogen and oxygen atoms in total. The monoisotopic (exact) mass is 539 g/mol. The fourth-order valence-electron chi connectivity index (χ4n) is 6.44. The highest BCUT2D eigenvalue weighted by Gasteiger charge is 2.39. The van der Waals surface area contributed by atoms with Gasteiger partial charge in [-0.05, 0) is 47.0 Å². The molecule has 0 N–H and O–H groups in total. The number of allylic oxidation sites excluding steroid dienone is 2. The van der Waals surface area contributed by atoms with Crippen LogP contribution in [-0.2, 0) is 0 Å². The lowest BCUT2D eigenvalue weighted by Crippen LogP contribution is -2.21. The molecule has 0 aromatic heterocycles. The van der Waals surface area contributed by atoms with Gasteiger partial charge in [0.15, 0.2) is 0 Å². The SMILES string of the molecule is C1=CC2c3cc(N(c4ccccc4)c4ccc(-c5ccccc5)cc4)c4ccccc4c3OC2C(c2ccccc2)=C1. The highest BCUT2D eigenvalue weighted by atomic mass is 16.5. The molecule has 2 unspecified atom stereocenters. The molecule has 2 atom stereocenters. The molecule has 1 heterocycles. The van der Waals surface area contributed by atoms with Crippen LogP contribution in [0.4, 0.5) is 17.1 Å². The number of benzene rings is 6. The molecule has 200 valence electrons. The lowest BCUT2D eigenvalue weighted by Gasteiger charge is -2.28. The van der Waals surface area contributed by atoms with E-state index in [4.69, 9.17) is 4.74 Å². The second-order valence-electron chi connectivity index (χ2n) is 10.9. The molecule has 0 saturated heterocycles. The maximum atomic E-state index is 6.86. The third-order valence-electron chi connectivity index (χ3n) is 8.43. The van der Waals surface area contributed by atoms with Crippen molar-refractivity contribution in [2.24, 2.45) is 0 Å². The van der Waals surface area contributed by atoms with E-state index in [9.17, 15) is 0 Å². The summed E-state index contributed by atoms with van der Waals surface area (Å²) in [5.41, 5.74) is 9.47. The minimum Gasteiger partial charge on any atom is -0.484 e. The van der Waals surface area contributed by atoms with Gasteiger partial charge in [-0.2, -0.15) is 0 Å². The normalized spacial score (nSPS) is 16.8. The summed E-state index contributed by atoms with van der Waals surface area (Å²) >= 11 is 0. The zero-order valence-electron chi connectivity index (χ0n) is 23.1. The Morgan fingerprint density at radius 2 is 1.10 bits per heavy atom. The Balaban J connectivity index is 1.29. The number of fused-ring (bicyclic) bond motifs is 5. The van der Waals surface area contributed by atoms with Crippen molar-refractivity contribution in [1.29, 1.82) is 0 Å². The minimum absolute atomic E-state index is 0.0543. The number of anilines is 3. The summed E-state index contributed by atoms with van der Waals surface area (Å²) in [6.45, 7) is 0. The van der Waals surface area contributed by atoms with Crippen LogP contribution in [0.2, 0.25) is 0 Å². The molecule has 2 heteroatoms. The van der Waals surface area contributed by atoms with Crippen molar-refractivity contribution >= 4 is 33.4 Å². The second kappa shape index (κ2) is 10.2. The van der Waals surface area contributed by atoms with Gasteiger partial charge in [0.1, 0.15) is 11.9 Å². The summed E-state index contributed by atoms with van der Waals surface area (Å²) in [5, 5.41) is 2.31. The van der Waals surface area contributed by atoms with E-state index < -0.39 is 0 Å². The summed E-state index contributed by atoms with van der Waals surface area (Å²) in [4.78, 5) is 2.38. The Morgan fingerprint density at radius 1 is 0.524 bits per heavy atom. The molecule has 2 aliphatic rings. The standard InChI is InChI=1S/C40H29NO/c1-4-13-28(14-5-1)29-23-25-32(26-24-29)41(31-17-8-3-9-18-31)38-27-37-36-22-12-21-33(30-15-6-2-7-16-30)39(36)42-40(37)35-20-11-10-19-34(35)38/h1-27,36,39H. The van der Waals surface area contributed by atoms with Gasteiger partial charge < -0.3 is 9.64 Å². The summed E-state index contributed by atoms with van der Waals surface area (Å²) in [6, 6.07) is 51.7. The first kappa shape index (κ1) is 24.5. The molecule has 6 aromatic carbocycles. The van der Waals surface area contributed by atoms with Gasteiger partial charge in [0.2, 0.25) is 0 Å². The lowest BCUT2D eigenvalue weighted by atomic mass is 9.83. The Bertz CT molecular complexity index is 1940. The molecule has 0 amide bonds. The first-order valence-electron chi connectivity index (χ1n) is 14.5. The summed E-state index contributed by atoms with van der Waals surface area (Å²) in [6.07, 6.45) is 6.63. The third kappa shape index (κ3) is 4.12. The molecule has 0 spiro atoms. The topological polar surface area (TPSA) is 12.5 Å². The van der Waals surface area contributed by atoms with Gasteiger partial charge in [0.05, 0.1) is 5.69 Å². The van der Waals surface area contributed by atoms with Crippen LogP contribution in [0.1, 0.15) is 17.0 Å². The zero-order valence-corrected chi connectivity index (χ0v) is 23.1. The molecule has 0 radical (unpaired) electrons. The van der Waals surface area contributed by atoms with Gasteiger partial charge in [0, 0.05) is 39.2 Å². The molecule has 0 saturated carbocycles. The predicted octanol–water partition coefficient (Wildman–Crippen LogP) is 10.5. The third-order valence-corrected chi connectivity index (χ3v) is 8.43. The Labute approximate surface area is 246 Å². The molecule has 0 bridgehead atoms.